The number of hydrogen-bond donors (Lipinski definition) is 2. The molecule has 0 bridgehead atoms. The Labute approximate surface area is 103 Å². The molecule has 0 aromatic carbocycles. The van der Waals surface area contributed by atoms with Crippen LogP contribution in [0.15, 0.2) is 0 Å². The van der Waals surface area contributed by atoms with Gasteiger partial charge in [-0.1, -0.05) is 13.8 Å². The summed E-state index contributed by atoms with van der Waals surface area (Å²) in [6.07, 6.45) is 3.59. The molecule has 0 unspecified atom stereocenters. The minimum atomic E-state index is -0.576. The number of amides is 1. The number of β-amino-alcohol motifs (C(OH)–C–C–N with tert-alkyl or cyclic N) is 1. The Hall–Kier alpha value is -0.610. The molecule has 0 spiro atoms. The molecular weight excluding hydrogens is 216 g/mol. The highest BCUT2D eigenvalue weighted by atomic mass is 16.3. The summed E-state index contributed by atoms with van der Waals surface area (Å²) in [6.45, 7) is 5.91. The van der Waals surface area contributed by atoms with E-state index in [9.17, 15) is 9.90 Å². The van der Waals surface area contributed by atoms with Crippen LogP contribution in [0.3, 0.4) is 0 Å². The Morgan fingerprint density at radius 1 is 1.53 bits per heavy atom. The van der Waals surface area contributed by atoms with Crippen LogP contribution in [0.2, 0.25) is 0 Å². The van der Waals surface area contributed by atoms with E-state index in [0.29, 0.717) is 18.4 Å². The first-order chi connectivity index (χ1) is 7.91. The average molecular weight is 240 g/mol. The smallest absolute Gasteiger partial charge is 0.234 e. The zero-order valence-corrected chi connectivity index (χ0v) is 10.9. The van der Waals surface area contributed by atoms with Gasteiger partial charge in [0.05, 0.1) is 11.6 Å². The Bertz CT molecular complexity index is 298. The average Bonchev–Trinajstić information content (AvgIpc) is 2.61. The molecule has 0 radical (unpaired) electrons. The summed E-state index contributed by atoms with van der Waals surface area (Å²) in [5.74, 6) is 1.03. The minimum absolute atomic E-state index is 0.155. The molecule has 3 N–H and O–H groups in total. The summed E-state index contributed by atoms with van der Waals surface area (Å²) in [5, 5.41) is 10.4. The third-order valence-corrected chi connectivity index (χ3v) is 4.42. The molecule has 0 aromatic rings. The van der Waals surface area contributed by atoms with Crippen LogP contribution in [0.4, 0.5) is 0 Å². The lowest BCUT2D eigenvalue weighted by Gasteiger charge is -2.48. The first kappa shape index (κ1) is 12.8. The lowest BCUT2D eigenvalue weighted by molar-refractivity contribution is -0.128. The van der Waals surface area contributed by atoms with Crippen molar-refractivity contribution < 1.29 is 9.90 Å². The number of hydrogen-bond acceptors (Lipinski definition) is 3. The van der Waals surface area contributed by atoms with Gasteiger partial charge in [0.25, 0.3) is 0 Å². The van der Waals surface area contributed by atoms with Crippen molar-refractivity contribution in [3.63, 3.8) is 0 Å². The summed E-state index contributed by atoms with van der Waals surface area (Å²) in [7, 11) is 0. The van der Waals surface area contributed by atoms with Gasteiger partial charge in [-0.15, -0.1) is 0 Å². The van der Waals surface area contributed by atoms with Gasteiger partial charge in [0, 0.05) is 6.54 Å². The van der Waals surface area contributed by atoms with Crippen LogP contribution in [0.25, 0.3) is 0 Å². The first-order valence-electron chi connectivity index (χ1n) is 6.67. The molecule has 17 heavy (non-hydrogen) atoms. The molecule has 1 amide bonds. The summed E-state index contributed by atoms with van der Waals surface area (Å²) < 4.78 is 0. The largest absolute Gasteiger partial charge is 0.389 e. The number of rotatable bonds is 4. The van der Waals surface area contributed by atoms with E-state index >= 15 is 0 Å². The Morgan fingerprint density at radius 2 is 2.18 bits per heavy atom. The van der Waals surface area contributed by atoms with Crippen molar-refractivity contribution in [2.45, 2.75) is 51.2 Å². The highest BCUT2D eigenvalue weighted by Crippen LogP contribution is 2.43. The SMILES string of the molecule is CC(C)C1CC(O)(CN2CCC[C@H]2C(N)=O)C1. The molecular formula is C13H24N2O2. The quantitative estimate of drug-likeness (QED) is 0.761. The van der Waals surface area contributed by atoms with Gasteiger partial charge in [0.15, 0.2) is 0 Å². The van der Waals surface area contributed by atoms with E-state index in [1.165, 1.54) is 0 Å². The van der Waals surface area contributed by atoms with Crippen molar-refractivity contribution in [1.82, 2.24) is 4.90 Å². The molecule has 2 aliphatic rings. The maximum atomic E-state index is 11.3. The standard InChI is InChI=1S/C13H24N2O2/c1-9(2)10-6-13(17,7-10)8-15-5-3-4-11(15)12(14)16/h9-11,17H,3-8H2,1-2H3,(H2,14,16)/t10?,11-,13?/m0/s1. The van der Waals surface area contributed by atoms with Crippen molar-refractivity contribution in [3.8, 4) is 0 Å². The van der Waals surface area contributed by atoms with Crippen LogP contribution in [0.1, 0.15) is 39.5 Å². The molecule has 98 valence electrons. The van der Waals surface area contributed by atoms with Crippen LogP contribution in [0, 0.1) is 11.8 Å². The van der Waals surface area contributed by atoms with Gasteiger partial charge < -0.3 is 10.8 Å². The van der Waals surface area contributed by atoms with Crippen molar-refractivity contribution >= 4 is 5.91 Å². The Balaban J connectivity index is 1.87. The molecule has 1 atom stereocenters. The van der Waals surface area contributed by atoms with Gasteiger partial charge >= 0.3 is 0 Å². The van der Waals surface area contributed by atoms with Crippen LogP contribution < -0.4 is 5.73 Å². The fourth-order valence-electron chi connectivity index (χ4n) is 3.23. The van der Waals surface area contributed by atoms with Gasteiger partial charge in [-0.3, -0.25) is 9.69 Å². The zero-order chi connectivity index (χ0) is 12.6. The Kier molecular flexibility index (Phi) is 3.46. The maximum Gasteiger partial charge on any atom is 0.234 e. The number of carbonyl (C=O) groups is 1. The second-order valence-corrected chi connectivity index (χ2v) is 6.17. The number of nitrogens with two attached hydrogens (primary N) is 1. The summed E-state index contributed by atoms with van der Waals surface area (Å²) in [6, 6.07) is -0.155. The van der Waals surface area contributed by atoms with Gasteiger partial charge in [0.1, 0.15) is 0 Å². The second-order valence-electron chi connectivity index (χ2n) is 6.17. The monoisotopic (exact) mass is 240 g/mol. The van der Waals surface area contributed by atoms with Crippen LogP contribution in [-0.2, 0) is 4.79 Å². The van der Waals surface area contributed by atoms with E-state index in [-0.39, 0.29) is 11.9 Å². The molecule has 2 rings (SSSR count). The number of aliphatic hydroxyl groups is 1. The fraction of sp³-hybridized carbons (Fsp3) is 0.923. The second kappa shape index (κ2) is 4.58. The zero-order valence-electron chi connectivity index (χ0n) is 10.9. The van der Waals surface area contributed by atoms with Crippen molar-refractivity contribution in [3.05, 3.63) is 0 Å². The van der Waals surface area contributed by atoms with E-state index in [1.54, 1.807) is 0 Å². The van der Waals surface area contributed by atoms with E-state index in [0.717, 1.165) is 32.2 Å². The normalized spacial score (nSPS) is 38.4. The van der Waals surface area contributed by atoms with Crippen LogP contribution in [0.5, 0.6) is 0 Å². The first-order valence-corrected chi connectivity index (χ1v) is 6.67. The van der Waals surface area contributed by atoms with E-state index in [2.05, 4.69) is 18.7 Å². The minimum Gasteiger partial charge on any atom is -0.389 e. The van der Waals surface area contributed by atoms with Gasteiger partial charge in [-0.25, -0.2) is 0 Å². The summed E-state index contributed by atoms with van der Waals surface area (Å²) in [5.41, 5.74) is 4.80. The van der Waals surface area contributed by atoms with Crippen molar-refractivity contribution in [2.24, 2.45) is 17.6 Å². The summed E-state index contributed by atoms with van der Waals surface area (Å²) >= 11 is 0. The van der Waals surface area contributed by atoms with Gasteiger partial charge in [0.2, 0.25) is 5.91 Å². The van der Waals surface area contributed by atoms with Crippen molar-refractivity contribution in [1.29, 1.82) is 0 Å². The maximum absolute atomic E-state index is 11.3. The van der Waals surface area contributed by atoms with E-state index in [1.807, 2.05) is 0 Å². The highest BCUT2D eigenvalue weighted by molar-refractivity contribution is 5.80. The Morgan fingerprint density at radius 3 is 2.71 bits per heavy atom. The predicted octanol–water partition coefficient (Wildman–Crippen LogP) is 0.733. The molecule has 4 nitrogen and oxygen atoms in total. The van der Waals surface area contributed by atoms with E-state index < -0.39 is 5.60 Å². The topological polar surface area (TPSA) is 66.6 Å². The van der Waals surface area contributed by atoms with Crippen LogP contribution in [-0.4, -0.2) is 40.6 Å². The summed E-state index contributed by atoms with van der Waals surface area (Å²) in [4.78, 5) is 13.3. The third kappa shape index (κ3) is 2.63. The van der Waals surface area contributed by atoms with Gasteiger partial charge in [-0.05, 0) is 44.1 Å². The number of primary amides is 1. The van der Waals surface area contributed by atoms with Gasteiger partial charge in [-0.2, -0.15) is 0 Å². The highest BCUT2D eigenvalue weighted by Gasteiger charge is 2.46. The molecule has 1 saturated carbocycles. The number of nitrogens with zero attached hydrogens (tertiary/aromatic N) is 1. The molecule has 1 aliphatic heterocycles. The molecule has 4 heteroatoms. The molecule has 1 aliphatic carbocycles. The fourth-order valence-corrected chi connectivity index (χ4v) is 3.23. The third-order valence-electron chi connectivity index (χ3n) is 4.42. The van der Waals surface area contributed by atoms with Crippen molar-refractivity contribution in [2.75, 3.05) is 13.1 Å². The molecule has 0 aromatic heterocycles. The number of carbonyl (C=O) groups excluding carboxylic acids is 1. The van der Waals surface area contributed by atoms with Crippen LogP contribution >= 0.6 is 0 Å². The molecule has 1 heterocycles. The lowest BCUT2D eigenvalue weighted by atomic mass is 9.66. The molecule has 2 fully saturated rings. The van der Waals surface area contributed by atoms with E-state index in [4.69, 9.17) is 5.73 Å². The predicted molar refractivity (Wildman–Crippen MR) is 66.3 cm³/mol. The molecule has 1 saturated heterocycles. The number of likely N-dealkylation sites (tertiary alicyclic amines) is 1. The lowest BCUT2D eigenvalue weighted by Crippen LogP contribution is -2.55.